The minimum Gasteiger partial charge on any atom is -0.497 e. The molecule has 1 heterocycles. The van der Waals surface area contributed by atoms with Crippen LogP contribution in [0.25, 0.3) is 0 Å². The number of ether oxygens (including phenoxy) is 3. The van der Waals surface area contributed by atoms with Gasteiger partial charge in [-0.1, -0.05) is 12.1 Å². The highest BCUT2D eigenvalue weighted by Gasteiger charge is 2.34. The van der Waals surface area contributed by atoms with Crippen molar-refractivity contribution in [3.63, 3.8) is 0 Å². The Hall–Kier alpha value is -2.69. The van der Waals surface area contributed by atoms with Gasteiger partial charge in [-0.15, -0.1) is 0 Å². The Bertz CT molecular complexity index is 669. The van der Waals surface area contributed by atoms with Crippen LogP contribution in [0.2, 0.25) is 0 Å². The van der Waals surface area contributed by atoms with E-state index in [2.05, 4.69) is 5.32 Å². The Morgan fingerprint density at radius 1 is 1.05 bits per heavy atom. The molecular formula is C17H17NO4. The van der Waals surface area contributed by atoms with Crippen molar-refractivity contribution in [1.82, 2.24) is 0 Å². The summed E-state index contributed by atoms with van der Waals surface area (Å²) in [6, 6.07) is 14.4. The standard InChI is InChI=1S/C17H17NO4/c1-11-16(22-15-6-4-3-5-14(15)21-11)17(19)18-12-7-9-13(20-2)10-8-12/h3-11,16H,1-2H3,(H,18,19)/t11-,16+/m0/s1. The molecule has 0 saturated carbocycles. The van der Waals surface area contributed by atoms with Crippen LogP contribution >= 0.6 is 0 Å². The van der Waals surface area contributed by atoms with Crippen LogP contribution in [0.15, 0.2) is 48.5 Å². The molecule has 1 aliphatic heterocycles. The smallest absolute Gasteiger partial charge is 0.269 e. The number of hydrogen-bond donors (Lipinski definition) is 1. The molecule has 2 aromatic carbocycles. The maximum absolute atomic E-state index is 12.4. The number of methoxy groups -OCH3 is 1. The second-order valence-corrected chi connectivity index (χ2v) is 5.03. The normalized spacial score (nSPS) is 19.4. The summed E-state index contributed by atoms with van der Waals surface area (Å²) in [6.45, 7) is 1.81. The van der Waals surface area contributed by atoms with E-state index in [1.807, 2.05) is 25.1 Å². The molecule has 0 saturated heterocycles. The lowest BCUT2D eigenvalue weighted by atomic mass is 10.1. The molecule has 0 bridgehead atoms. The number of nitrogens with one attached hydrogen (secondary N) is 1. The Balaban J connectivity index is 1.72. The van der Waals surface area contributed by atoms with Crippen molar-refractivity contribution in [2.24, 2.45) is 0 Å². The van der Waals surface area contributed by atoms with Crippen LogP contribution in [0.1, 0.15) is 6.92 Å². The molecule has 2 atom stereocenters. The van der Waals surface area contributed by atoms with Crippen LogP contribution in [-0.4, -0.2) is 25.2 Å². The molecule has 2 aromatic rings. The first-order valence-electron chi connectivity index (χ1n) is 7.04. The summed E-state index contributed by atoms with van der Waals surface area (Å²) < 4.78 is 16.6. The Morgan fingerprint density at radius 3 is 2.32 bits per heavy atom. The average Bonchev–Trinajstić information content (AvgIpc) is 2.54. The van der Waals surface area contributed by atoms with Gasteiger partial charge in [-0.05, 0) is 43.3 Å². The van der Waals surface area contributed by atoms with Crippen molar-refractivity contribution >= 4 is 11.6 Å². The van der Waals surface area contributed by atoms with Crippen molar-refractivity contribution in [2.45, 2.75) is 19.1 Å². The zero-order valence-corrected chi connectivity index (χ0v) is 12.4. The van der Waals surface area contributed by atoms with Crippen molar-refractivity contribution in [2.75, 3.05) is 12.4 Å². The predicted octanol–water partition coefficient (Wildman–Crippen LogP) is 2.86. The van der Waals surface area contributed by atoms with Gasteiger partial charge in [-0.25, -0.2) is 0 Å². The largest absolute Gasteiger partial charge is 0.497 e. The first-order valence-corrected chi connectivity index (χ1v) is 7.04. The molecule has 0 spiro atoms. The maximum atomic E-state index is 12.4. The van der Waals surface area contributed by atoms with Gasteiger partial charge < -0.3 is 19.5 Å². The van der Waals surface area contributed by atoms with E-state index in [0.29, 0.717) is 17.2 Å². The van der Waals surface area contributed by atoms with Gasteiger partial charge in [0.15, 0.2) is 11.5 Å². The van der Waals surface area contributed by atoms with Crippen molar-refractivity contribution in [1.29, 1.82) is 0 Å². The van der Waals surface area contributed by atoms with Gasteiger partial charge in [-0.3, -0.25) is 4.79 Å². The number of para-hydroxylation sites is 2. The third kappa shape index (κ3) is 2.83. The molecule has 0 aliphatic carbocycles. The van der Waals surface area contributed by atoms with Gasteiger partial charge in [0.1, 0.15) is 11.9 Å². The van der Waals surface area contributed by atoms with Gasteiger partial charge >= 0.3 is 0 Å². The number of amides is 1. The monoisotopic (exact) mass is 299 g/mol. The van der Waals surface area contributed by atoms with E-state index in [1.165, 1.54) is 0 Å². The number of carbonyl (C=O) groups excluding carboxylic acids is 1. The summed E-state index contributed by atoms with van der Waals surface area (Å²) in [6.07, 6.45) is -1.06. The molecule has 3 rings (SSSR count). The van der Waals surface area contributed by atoms with Crippen LogP contribution in [0.4, 0.5) is 5.69 Å². The number of fused-ring (bicyclic) bond motifs is 1. The highest BCUT2D eigenvalue weighted by Crippen LogP contribution is 2.33. The highest BCUT2D eigenvalue weighted by molar-refractivity contribution is 5.95. The summed E-state index contributed by atoms with van der Waals surface area (Å²) in [7, 11) is 1.60. The summed E-state index contributed by atoms with van der Waals surface area (Å²) in [5, 5.41) is 2.82. The maximum Gasteiger partial charge on any atom is 0.269 e. The zero-order valence-electron chi connectivity index (χ0n) is 12.4. The first kappa shape index (κ1) is 14.3. The fraction of sp³-hybridized carbons (Fsp3) is 0.235. The SMILES string of the molecule is COc1ccc(NC(=O)[C@@H]2Oc3ccccc3O[C@H]2C)cc1. The molecule has 0 aromatic heterocycles. The molecule has 1 amide bonds. The number of carbonyl (C=O) groups is 1. The van der Waals surface area contributed by atoms with Gasteiger partial charge in [-0.2, -0.15) is 0 Å². The number of rotatable bonds is 3. The van der Waals surface area contributed by atoms with Gasteiger partial charge in [0.2, 0.25) is 6.10 Å². The Labute approximate surface area is 128 Å². The molecule has 5 nitrogen and oxygen atoms in total. The molecule has 22 heavy (non-hydrogen) atoms. The van der Waals surface area contributed by atoms with Crippen molar-refractivity contribution in [3.8, 4) is 17.2 Å². The lowest BCUT2D eigenvalue weighted by molar-refractivity contribution is -0.128. The lowest BCUT2D eigenvalue weighted by Crippen LogP contribution is -2.46. The minimum absolute atomic E-state index is 0.243. The summed E-state index contributed by atoms with van der Waals surface area (Å²) in [5.41, 5.74) is 0.681. The van der Waals surface area contributed by atoms with E-state index < -0.39 is 6.10 Å². The van der Waals surface area contributed by atoms with E-state index in [-0.39, 0.29) is 12.0 Å². The number of benzene rings is 2. The molecule has 0 fully saturated rings. The molecular weight excluding hydrogens is 282 g/mol. The zero-order chi connectivity index (χ0) is 15.5. The molecule has 114 valence electrons. The van der Waals surface area contributed by atoms with Gasteiger partial charge in [0.05, 0.1) is 7.11 Å². The van der Waals surface area contributed by atoms with E-state index in [9.17, 15) is 4.79 Å². The molecule has 5 heteroatoms. The number of hydrogen-bond acceptors (Lipinski definition) is 4. The third-order valence-electron chi connectivity index (χ3n) is 3.46. The first-order chi connectivity index (χ1) is 10.7. The Kier molecular flexibility index (Phi) is 3.87. The number of anilines is 1. The fourth-order valence-electron chi connectivity index (χ4n) is 2.29. The second kappa shape index (κ2) is 5.97. The third-order valence-corrected chi connectivity index (χ3v) is 3.46. The van der Waals surface area contributed by atoms with E-state index >= 15 is 0 Å². The highest BCUT2D eigenvalue weighted by atomic mass is 16.6. The van der Waals surface area contributed by atoms with Crippen molar-refractivity contribution in [3.05, 3.63) is 48.5 Å². The van der Waals surface area contributed by atoms with Crippen LogP contribution in [0.3, 0.4) is 0 Å². The van der Waals surface area contributed by atoms with Crippen LogP contribution in [0, 0.1) is 0 Å². The second-order valence-electron chi connectivity index (χ2n) is 5.03. The Morgan fingerprint density at radius 2 is 1.68 bits per heavy atom. The summed E-state index contributed by atoms with van der Waals surface area (Å²) >= 11 is 0. The molecule has 1 aliphatic rings. The van der Waals surface area contributed by atoms with E-state index in [4.69, 9.17) is 14.2 Å². The summed E-state index contributed by atoms with van der Waals surface area (Å²) in [4.78, 5) is 12.4. The van der Waals surface area contributed by atoms with Gasteiger partial charge in [0, 0.05) is 5.69 Å². The van der Waals surface area contributed by atoms with Crippen LogP contribution < -0.4 is 19.5 Å². The minimum atomic E-state index is -0.697. The quantitative estimate of drug-likeness (QED) is 0.947. The fourth-order valence-corrected chi connectivity index (χ4v) is 2.29. The van der Waals surface area contributed by atoms with Crippen LogP contribution in [-0.2, 0) is 4.79 Å². The molecule has 1 N–H and O–H groups in total. The van der Waals surface area contributed by atoms with E-state index in [1.54, 1.807) is 37.4 Å². The topological polar surface area (TPSA) is 56.8 Å². The molecule has 0 radical (unpaired) electrons. The predicted molar refractivity (Wildman–Crippen MR) is 82.6 cm³/mol. The van der Waals surface area contributed by atoms with Crippen molar-refractivity contribution < 1.29 is 19.0 Å². The lowest BCUT2D eigenvalue weighted by Gasteiger charge is -2.31. The summed E-state index contributed by atoms with van der Waals surface area (Å²) in [5.74, 6) is 1.73. The molecule has 0 unspecified atom stereocenters. The van der Waals surface area contributed by atoms with Gasteiger partial charge in [0.25, 0.3) is 5.91 Å². The average molecular weight is 299 g/mol. The van der Waals surface area contributed by atoms with Crippen LogP contribution in [0.5, 0.6) is 17.2 Å². The van der Waals surface area contributed by atoms with E-state index in [0.717, 1.165) is 5.75 Å².